The highest BCUT2D eigenvalue weighted by atomic mass is 16.5. The average Bonchev–Trinajstić information content (AvgIpc) is 3.07. The molecule has 0 atom stereocenters. The highest BCUT2D eigenvalue weighted by molar-refractivity contribution is 5.97. The van der Waals surface area contributed by atoms with Gasteiger partial charge in [-0.05, 0) is 12.8 Å². The van der Waals surface area contributed by atoms with E-state index < -0.39 is 5.91 Å². The van der Waals surface area contributed by atoms with E-state index in [4.69, 9.17) is 4.74 Å². The van der Waals surface area contributed by atoms with Crippen LogP contribution in [-0.4, -0.2) is 65.2 Å². The third-order valence-electron chi connectivity index (χ3n) is 5.10. The predicted octanol–water partition coefficient (Wildman–Crippen LogP) is 0.528. The van der Waals surface area contributed by atoms with Crippen LogP contribution in [0.4, 0.5) is 5.82 Å². The Morgan fingerprint density at radius 2 is 1.89 bits per heavy atom. The molecule has 27 heavy (non-hydrogen) atoms. The summed E-state index contributed by atoms with van der Waals surface area (Å²) >= 11 is 0. The number of ether oxygens (including phenoxy) is 1. The molecule has 2 N–H and O–H groups in total. The van der Waals surface area contributed by atoms with Crippen molar-refractivity contribution in [2.45, 2.75) is 32.1 Å². The van der Waals surface area contributed by atoms with Crippen LogP contribution in [0.15, 0.2) is 6.07 Å². The summed E-state index contributed by atoms with van der Waals surface area (Å²) in [4.78, 5) is 38.4. The number of amides is 3. The maximum atomic E-state index is 12.4. The highest BCUT2D eigenvalue weighted by Gasteiger charge is 2.23. The summed E-state index contributed by atoms with van der Waals surface area (Å²) in [5.41, 5.74) is 0.172. The van der Waals surface area contributed by atoms with Crippen molar-refractivity contribution in [2.75, 3.05) is 38.2 Å². The first kappa shape index (κ1) is 19.3. The SMILES string of the molecule is Cn1nc(C(=O)NCC(=O)N2CCOCC2)cc1NC(=O)C1CCCCC1. The van der Waals surface area contributed by atoms with Crippen LogP contribution >= 0.6 is 0 Å². The van der Waals surface area contributed by atoms with Crippen molar-refractivity contribution >= 4 is 23.5 Å². The normalized spacial score (nSPS) is 18.2. The number of nitrogens with one attached hydrogen (secondary N) is 2. The molecule has 0 bridgehead atoms. The van der Waals surface area contributed by atoms with Gasteiger partial charge in [-0.25, -0.2) is 0 Å². The zero-order chi connectivity index (χ0) is 19.2. The highest BCUT2D eigenvalue weighted by Crippen LogP contribution is 2.25. The Morgan fingerprint density at radius 1 is 1.19 bits per heavy atom. The van der Waals surface area contributed by atoms with Gasteiger partial charge in [-0.1, -0.05) is 19.3 Å². The number of hydrogen-bond donors (Lipinski definition) is 2. The van der Waals surface area contributed by atoms with Crippen LogP contribution in [0.1, 0.15) is 42.6 Å². The van der Waals surface area contributed by atoms with Crippen LogP contribution in [0.5, 0.6) is 0 Å². The molecule has 0 aromatic carbocycles. The molecule has 1 saturated heterocycles. The van der Waals surface area contributed by atoms with Crippen molar-refractivity contribution in [1.82, 2.24) is 20.0 Å². The first-order valence-electron chi connectivity index (χ1n) is 9.53. The number of hydrogen-bond acceptors (Lipinski definition) is 5. The average molecular weight is 377 g/mol. The summed E-state index contributed by atoms with van der Waals surface area (Å²) in [7, 11) is 1.67. The third-order valence-corrected chi connectivity index (χ3v) is 5.10. The molecular weight excluding hydrogens is 350 g/mol. The molecule has 2 fully saturated rings. The molecule has 0 radical (unpaired) electrons. The van der Waals surface area contributed by atoms with Crippen LogP contribution in [0, 0.1) is 5.92 Å². The Bertz CT molecular complexity index is 690. The predicted molar refractivity (Wildman–Crippen MR) is 98.1 cm³/mol. The molecule has 0 spiro atoms. The van der Waals surface area contributed by atoms with E-state index in [0.29, 0.717) is 32.1 Å². The molecule has 9 nitrogen and oxygen atoms in total. The Kier molecular flexibility index (Phi) is 6.44. The van der Waals surface area contributed by atoms with Crippen molar-refractivity contribution in [3.63, 3.8) is 0 Å². The van der Waals surface area contributed by atoms with Gasteiger partial charge in [-0.3, -0.25) is 19.1 Å². The molecular formula is C18H27N5O4. The van der Waals surface area contributed by atoms with Crippen LogP contribution in [0.2, 0.25) is 0 Å². The zero-order valence-corrected chi connectivity index (χ0v) is 15.7. The molecule has 1 aliphatic carbocycles. The Morgan fingerprint density at radius 3 is 2.59 bits per heavy atom. The summed E-state index contributed by atoms with van der Waals surface area (Å²) < 4.78 is 6.68. The monoisotopic (exact) mass is 377 g/mol. The van der Waals surface area contributed by atoms with Gasteiger partial charge in [0, 0.05) is 32.1 Å². The summed E-state index contributed by atoms with van der Waals surface area (Å²) in [6, 6.07) is 1.54. The van der Waals surface area contributed by atoms with E-state index in [9.17, 15) is 14.4 Å². The Balaban J connectivity index is 1.52. The number of carbonyl (C=O) groups is 3. The van der Waals surface area contributed by atoms with Gasteiger partial charge < -0.3 is 20.3 Å². The first-order valence-corrected chi connectivity index (χ1v) is 9.53. The number of morpholine rings is 1. The largest absolute Gasteiger partial charge is 0.378 e. The number of aryl methyl sites for hydroxylation is 1. The van der Waals surface area contributed by atoms with Gasteiger partial charge in [-0.15, -0.1) is 0 Å². The fourth-order valence-corrected chi connectivity index (χ4v) is 3.46. The lowest BCUT2D eigenvalue weighted by Gasteiger charge is -2.26. The van der Waals surface area contributed by atoms with Gasteiger partial charge in [0.1, 0.15) is 5.82 Å². The number of rotatable bonds is 5. The van der Waals surface area contributed by atoms with E-state index in [2.05, 4.69) is 15.7 Å². The molecule has 1 aliphatic heterocycles. The van der Waals surface area contributed by atoms with E-state index in [0.717, 1.165) is 25.7 Å². The summed E-state index contributed by atoms with van der Waals surface area (Å²) in [6.07, 6.45) is 5.15. The number of anilines is 1. The second kappa shape index (κ2) is 8.98. The molecule has 0 unspecified atom stereocenters. The molecule has 3 amide bonds. The maximum absolute atomic E-state index is 12.4. The lowest BCUT2D eigenvalue weighted by molar-refractivity contribution is -0.134. The fraction of sp³-hybridized carbons (Fsp3) is 0.667. The molecule has 1 aromatic heterocycles. The topological polar surface area (TPSA) is 106 Å². The van der Waals surface area contributed by atoms with E-state index in [-0.39, 0.29) is 30.0 Å². The van der Waals surface area contributed by atoms with Gasteiger partial charge >= 0.3 is 0 Å². The van der Waals surface area contributed by atoms with Crippen molar-refractivity contribution in [2.24, 2.45) is 13.0 Å². The van der Waals surface area contributed by atoms with Crippen molar-refractivity contribution in [3.05, 3.63) is 11.8 Å². The third kappa shape index (κ3) is 5.06. The van der Waals surface area contributed by atoms with Gasteiger partial charge in [-0.2, -0.15) is 5.10 Å². The smallest absolute Gasteiger partial charge is 0.272 e. The number of nitrogens with zero attached hydrogens (tertiary/aromatic N) is 3. The van der Waals surface area contributed by atoms with Crippen molar-refractivity contribution in [3.8, 4) is 0 Å². The van der Waals surface area contributed by atoms with Crippen molar-refractivity contribution in [1.29, 1.82) is 0 Å². The molecule has 3 rings (SSSR count). The van der Waals surface area contributed by atoms with Gasteiger partial charge in [0.2, 0.25) is 11.8 Å². The summed E-state index contributed by atoms with van der Waals surface area (Å²) in [6.45, 7) is 2.03. The molecule has 2 aliphatic rings. The van der Waals surface area contributed by atoms with E-state index in [1.165, 1.54) is 17.2 Å². The standard InChI is InChI=1S/C18H27N5O4/c1-22-15(20-17(25)13-5-3-2-4-6-13)11-14(21-22)18(26)19-12-16(24)23-7-9-27-10-8-23/h11,13H,2-10,12H2,1H3,(H,19,26)(H,20,25). The summed E-state index contributed by atoms with van der Waals surface area (Å²) in [5, 5.41) is 9.60. The number of carbonyl (C=O) groups excluding carboxylic acids is 3. The molecule has 1 aromatic rings. The second-order valence-corrected chi connectivity index (χ2v) is 7.04. The molecule has 148 valence electrons. The van der Waals surface area contributed by atoms with E-state index in [1.54, 1.807) is 11.9 Å². The minimum Gasteiger partial charge on any atom is -0.378 e. The van der Waals surface area contributed by atoms with Crippen LogP contribution < -0.4 is 10.6 Å². The quantitative estimate of drug-likeness (QED) is 0.779. The van der Waals surface area contributed by atoms with Gasteiger partial charge in [0.05, 0.1) is 19.8 Å². The zero-order valence-electron chi connectivity index (χ0n) is 15.7. The first-order chi connectivity index (χ1) is 13.0. The van der Waals surface area contributed by atoms with Crippen LogP contribution in [0.25, 0.3) is 0 Å². The van der Waals surface area contributed by atoms with Gasteiger partial charge in [0.25, 0.3) is 5.91 Å². The lowest BCUT2D eigenvalue weighted by Crippen LogP contribution is -2.45. The number of aromatic nitrogens is 2. The fourth-order valence-electron chi connectivity index (χ4n) is 3.46. The summed E-state index contributed by atoms with van der Waals surface area (Å²) in [5.74, 6) is -0.0989. The lowest BCUT2D eigenvalue weighted by atomic mass is 9.89. The molecule has 9 heteroatoms. The van der Waals surface area contributed by atoms with E-state index >= 15 is 0 Å². The minimum absolute atomic E-state index is 0.0212. The minimum atomic E-state index is -0.439. The van der Waals surface area contributed by atoms with Crippen molar-refractivity contribution < 1.29 is 19.1 Å². The van der Waals surface area contributed by atoms with E-state index in [1.807, 2.05) is 0 Å². The maximum Gasteiger partial charge on any atom is 0.272 e. The van der Waals surface area contributed by atoms with Crippen LogP contribution in [0.3, 0.4) is 0 Å². The molecule has 1 saturated carbocycles. The molecule has 2 heterocycles. The van der Waals surface area contributed by atoms with Crippen LogP contribution in [-0.2, 0) is 21.4 Å². The second-order valence-electron chi connectivity index (χ2n) is 7.04. The van der Waals surface area contributed by atoms with Gasteiger partial charge in [0.15, 0.2) is 5.69 Å². The Labute approximate surface area is 158 Å². The Hall–Kier alpha value is -2.42.